The summed E-state index contributed by atoms with van der Waals surface area (Å²) in [4.78, 5) is 22.0. The fraction of sp³-hybridized carbons (Fsp3) is 0.273. The van der Waals surface area contributed by atoms with Crippen LogP contribution in [0.4, 0.5) is 4.79 Å². The van der Waals surface area contributed by atoms with E-state index in [1.807, 2.05) is 31.2 Å². The van der Waals surface area contributed by atoms with Gasteiger partial charge in [0.2, 0.25) is 0 Å². The molecule has 1 fully saturated rings. The van der Waals surface area contributed by atoms with Crippen LogP contribution in [0.15, 0.2) is 24.3 Å². The number of hydrogen-bond acceptors (Lipinski definition) is 3. The quantitative estimate of drug-likeness (QED) is 0.560. The lowest BCUT2D eigenvalue weighted by Gasteiger charge is -2.22. The third-order valence-electron chi connectivity index (χ3n) is 2.35. The number of rotatable bonds is 1. The van der Waals surface area contributed by atoms with Gasteiger partial charge in [-0.15, -0.1) is 0 Å². The Morgan fingerprint density at radius 2 is 1.93 bits per heavy atom. The number of cyclic esters (lactones) is 2. The molecule has 1 aliphatic rings. The second-order valence-electron chi connectivity index (χ2n) is 3.57. The minimum Gasteiger partial charge on any atom is -0.376 e. The molecule has 1 atom stereocenters. The van der Waals surface area contributed by atoms with Gasteiger partial charge in [0, 0.05) is 0 Å². The van der Waals surface area contributed by atoms with Gasteiger partial charge in [0.1, 0.15) is 0 Å². The van der Waals surface area contributed by atoms with Crippen molar-refractivity contribution in [3.8, 4) is 0 Å². The zero-order valence-corrected chi connectivity index (χ0v) is 8.32. The maximum Gasteiger partial charge on any atom is 0.415 e. The van der Waals surface area contributed by atoms with Crippen molar-refractivity contribution in [3.05, 3.63) is 35.4 Å². The number of carbonyl (C=O) groups is 2. The number of esters is 1. The summed E-state index contributed by atoms with van der Waals surface area (Å²) in [5.74, 6) is -0.482. The van der Waals surface area contributed by atoms with Gasteiger partial charge in [-0.3, -0.25) is 4.79 Å². The molecular weight excluding hydrogens is 194 g/mol. The molecule has 4 heteroatoms. The van der Waals surface area contributed by atoms with Gasteiger partial charge in [-0.2, -0.15) is 0 Å². The molecule has 1 saturated heterocycles. The van der Waals surface area contributed by atoms with Gasteiger partial charge < -0.3 is 10.1 Å². The highest BCUT2D eigenvalue weighted by molar-refractivity contribution is 5.88. The van der Waals surface area contributed by atoms with Gasteiger partial charge in [-0.05, 0) is 12.5 Å². The molecular formula is C11H11NO3. The number of alkyl carbamates (subject to hydrolysis) is 1. The van der Waals surface area contributed by atoms with Gasteiger partial charge in [0.05, 0.1) is 12.5 Å². The van der Waals surface area contributed by atoms with Gasteiger partial charge in [0.15, 0.2) is 0 Å². The molecule has 1 aliphatic heterocycles. The number of aryl methyl sites for hydroxylation is 1. The lowest BCUT2D eigenvalue weighted by atomic mass is 10.0. The number of amides is 1. The van der Waals surface area contributed by atoms with Crippen LogP contribution in [-0.4, -0.2) is 12.1 Å². The van der Waals surface area contributed by atoms with Gasteiger partial charge in [0.25, 0.3) is 0 Å². The molecule has 4 nitrogen and oxygen atoms in total. The van der Waals surface area contributed by atoms with E-state index in [2.05, 4.69) is 10.1 Å². The highest BCUT2D eigenvalue weighted by Crippen LogP contribution is 2.20. The normalized spacial score (nSPS) is 20.7. The highest BCUT2D eigenvalue weighted by Gasteiger charge is 2.26. The van der Waals surface area contributed by atoms with Crippen molar-refractivity contribution < 1.29 is 14.3 Å². The maximum atomic E-state index is 11.0. The minimum atomic E-state index is -0.670. The van der Waals surface area contributed by atoms with Gasteiger partial charge >= 0.3 is 12.1 Å². The van der Waals surface area contributed by atoms with Crippen molar-refractivity contribution in [1.82, 2.24) is 5.32 Å². The summed E-state index contributed by atoms with van der Waals surface area (Å²) in [5.41, 5.74) is 2.06. The molecule has 0 spiro atoms. The lowest BCUT2D eigenvalue weighted by molar-refractivity contribution is -0.140. The smallest absolute Gasteiger partial charge is 0.376 e. The zero-order valence-electron chi connectivity index (χ0n) is 8.32. The summed E-state index contributed by atoms with van der Waals surface area (Å²) >= 11 is 0. The largest absolute Gasteiger partial charge is 0.415 e. The fourth-order valence-corrected chi connectivity index (χ4v) is 1.53. The Morgan fingerprint density at radius 1 is 1.27 bits per heavy atom. The molecule has 1 amide bonds. The van der Waals surface area contributed by atoms with E-state index in [0.29, 0.717) is 0 Å². The SMILES string of the molecule is Cc1ccc(C2CC(=O)OC(=O)N2)cc1. The van der Waals surface area contributed by atoms with Crippen LogP contribution in [0.1, 0.15) is 23.6 Å². The number of benzene rings is 1. The number of hydrogen-bond donors (Lipinski definition) is 1. The molecule has 1 aromatic rings. The van der Waals surface area contributed by atoms with Crippen molar-refractivity contribution in [3.63, 3.8) is 0 Å². The van der Waals surface area contributed by atoms with Gasteiger partial charge in [-0.1, -0.05) is 29.8 Å². The molecule has 1 unspecified atom stereocenters. The number of ether oxygens (including phenoxy) is 1. The first-order valence-corrected chi connectivity index (χ1v) is 4.73. The van der Waals surface area contributed by atoms with Crippen LogP contribution in [0.5, 0.6) is 0 Å². The summed E-state index contributed by atoms with van der Waals surface area (Å²) in [6, 6.07) is 7.43. The van der Waals surface area contributed by atoms with Crippen molar-refractivity contribution in [2.24, 2.45) is 0 Å². The Balaban J connectivity index is 2.19. The van der Waals surface area contributed by atoms with Crippen LogP contribution in [0.25, 0.3) is 0 Å². The Hall–Kier alpha value is -1.84. The molecule has 0 radical (unpaired) electrons. The van der Waals surface area contributed by atoms with Gasteiger partial charge in [-0.25, -0.2) is 4.79 Å². The van der Waals surface area contributed by atoms with E-state index in [0.717, 1.165) is 11.1 Å². The fourth-order valence-electron chi connectivity index (χ4n) is 1.53. The van der Waals surface area contributed by atoms with E-state index in [-0.39, 0.29) is 12.5 Å². The summed E-state index contributed by atoms with van der Waals surface area (Å²) in [7, 11) is 0. The first-order chi connectivity index (χ1) is 7.15. The van der Waals surface area contributed by atoms with Crippen molar-refractivity contribution >= 4 is 12.1 Å². The van der Waals surface area contributed by atoms with E-state index < -0.39 is 12.1 Å². The monoisotopic (exact) mass is 205 g/mol. The minimum absolute atomic E-state index is 0.189. The predicted octanol–water partition coefficient (Wildman–Crippen LogP) is 1.69. The van der Waals surface area contributed by atoms with E-state index in [1.54, 1.807) is 0 Å². The first-order valence-electron chi connectivity index (χ1n) is 4.73. The maximum absolute atomic E-state index is 11.0. The summed E-state index contributed by atoms with van der Waals surface area (Å²) in [6.07, 6.45) is -0.480. The average molecular weight is 205 g/mol. The first kappa shape index (κ1) is 9.71. The molecule has 0 bridgehead atoms. The Morgan fingerprint density at radius 3 is 2.53 bits per heavy atom. The molecule has 0 aromatic heterocycles. The van der Waals surface area contributed by atoms with Crippen LogP contribution in [0.3, 0.4) is 0 Å². The molecule has 0 aliphatic carbocycles. The van der Waals surface area contributed by atoms with E-state index in [4.69, 9.17) is 0 Å². The Kier molecular flexibility index (Phi) is 2.41. The van der Waals surface area contributed by atoms with E-state index in [1.165, 1.54) is 0 Å². The Bertz CT molecular complexity index is 381. The molecule has 1 N–H and O–H groups in total. The highest BCUT2D eigenvalue weighted by atomic mass is 16.6. The van der Waals surface area contributed by atoms with Crippen molar-refractivity contribution in [2.75, 3.05) is 0 Å². The van der Waals surface area contributed by atoms with Crippen LogP contribution in [-0.2, 0) is 9.53 Å². The third kappa shape index (κ3) is 2.15. The topological polar surface area (TPSA) is 55.4 Å². The zero-order chi connectivity index (χ0) is 10.8. The number of nitrogens with one attached hydrogen (secondary N) is 1. The second kappa shape index (κ2) is 3.73. The standard InChI is InChI=1S/C11H11NO3/c1-7-2-4-8(5-3-7)9-6-10(13)15-11(14)12-9/h2-5,9H,6H2,1H3,(H,12,14). The summed E-state index contributed by atoms with van der Waals surface area (Å²) in [5, 5.41) is 2.60. The molecule has 15 heavy (non-hydrogen) atoms. The Labute approximate surface area is 87.2 Å². The predicted molar refractivity (Wildman–Crippen MR) is 53.2 cm³/mol. The third-order valence-corrected chi connectivity index (χ3v) is 2.35. The average Bonchev–Trinajstić information content (AvgIpc) is 2.17. The van der Waals surface area contributed by atoms with Crippen LogP contribution < -0.4 is 5.32 Å². The summed E-state index contributed by atoms with van der Waals surface area (Å²) < 4.78 is 4.37. The van der Waals surface area contributed by atoms with Crippen LogP contribution in [0, 0.1) is 6.92 Å². The molecule has 78 valence electrons. The molecule has 2 rings (SSSR count). The molecule has 1 heterocycles. The number of carbonyl (C=O) groups excluding carboxylic acids is 2. The van der Waals surface area contributed by atoms with E-state index >= 15 is 0 Å². The summed E-state index contributed by atoms with van der Waals surface area (Å²) in [6.45, 7) is 1.98. The molecule has 1 aromatic carbocycles. The van der Waals surface area contributed by atoms with E-state index in [9.17, 15) is 9.59 Å². The van der Waals surface area contributed by atoms with Crippen molar-refractivity contribution in [2.45, 2.75) is 19.4 Å². The lowest BCUT2D eigenvalue weighted by Crippen LogP contribution is -2.38. The van der Waals surface area contributed by atoms with Crippen molar-refractivity contribution in [1.29, 1.82) is 0 Å². The van der Waals surface area contributed by atoms with Crippen LogP contribution >= 0.6 is 0 Å². The molecule has 0 saturated carbocycles. The van der Waals surface area contributed by atoms with Crippen LogP contribution in [0.2, 0.25) is 0 Å². The second-order valence-corrected chi connectivity index (χ2v) is 3.57.